The summed E-state index contributed by atoms with van der Waals surface area (Å²) in [5, 5.41) is 5.65. The number of aryl methyl sites for hydroxylation is 1. The number of thiophene rings is 1. The molecule has 0 saturated carbocycles. The molecule has 0 atom stereocenters. The molecule has 0 aliphatic heterocycles. The van der Waals surface area contributed by atoms with Crippen LogP contribution in [0.5, 0.6) is 11.5 Å². The Balaban J connectivity index is 1.62. The fourth-order valence-electron chi connectivity index (χ4n) is 3.39. The van der Waals surface area contributed by atoms with Crippen LogP contribution in [0.4, 0.5) is 0 Å². The SMILES string of the molecule is COc1ccc(CN(C)C(=O)c2cc3c(C)nn(-c4ccccc4)c3s2)c(OC)c1. The number of carbonyl (C=O) groups is 1. The fraction of sp³-hybridized carbons (Fsp3) is 0.217. The number of ether oxygens (including phenoxy) is 2. The van der Waals surface area contributed by atoms with Crippen molar-refractivity contribution in [1.29, 1.82) is 0 Å². The zero-order chi connectivity index (χ0) is 21.3. The quantitative estimate of drug-likeness (QED) is 0.453. The van der Waals surface area contributed by atoms with Gasteiger partial charge in [0.2, 0.25) is 0 Å². The minimum Gasteiger partial charge on any atom is -0.497 e. The van der Waals surface area contributed by atoms with E-state index in [2.05, 4.69) is 5.10 Å². The van der Waals surface area contributed by atoms with Crippen LogP contribution in [0, 0.1) is 6.92 Å². The van der Waals surface area contributed by atoms with Crippen LogP contribution in [0.3, 0.4) is 0 Å². The Morgan fingerprint density at radius 3 is 2.57 bits per heavy atom. The second-order valence-electron chi connectivity index (χ2n) is 7.00. The van der Waals surface area contributed by atoms with Crippen LogP contribution in [-0.4, -0.2) is 41.9 Å². The fourth-order valence-corrected chi connectivity index (χ4v) is 4.57. The Morgan fingerprint density at radius 1 is 1.10 bits per heavy atom. The summed E-state index contributed by atoms with van der Waals surface area (Å²) in [6, 6.07) is 17.5. The van der Waals surface area contributed by atoms with Gasteiger partial charge >= 0.3 is 0 Å². The zero-order valence-electron chi connectivity index (χ0n) is 17.4. The summed E-state index contributed by atoms with van der Waals surface area (Å²) in [4.78, 5) is 16.5. The van der Waals surface area contributed by atoms with Crippen LogP contribution >= 0.6 is 11.3 Å². The first kappa shape index (κ1) is 20.0. The van der Waals surface area contributed by atoms with Gasteiger partial charge in [-0.3, -0.25) is 4.79 Å². The molecule has 154 valence electrons. The minimum absolute atomic E-state index is 0.0342. The third-order valence-corrected chi connectivity index (χ3v) is 6.10. The Bertz CT molecular complexity index is 1200. The Kier molecular flexibility index (Phi) is 5.46. The van der Waals surface area contributed by atoms with Gasteiger partial charge in [0, 0.05) is 30.6 Å². The lowest BCUT2D eigenvalue weighted by Gasteiger charge is -2.18. The molecular formula is C23H23N3O3S. The van der Waals surface area contributed by atoms with Crippen molar-refractivity contribution in [3.05, 3.63) is 70.7 Å². The van der Waals surface area contributed by atoms with E-state index in [0.717, 1.165) is 32.9 Å². The molecule has 30 heavy (non-hydrogen) atoms. The molecule has 0 fully saturated rings. The maximum atomic E-state index is 13.1. The van der Waals surface area contributed by atoms with Crippen molar-refractivity contribution < 1.29 is 14.3 Å². The van der Waals surface area contributed by atoms with E-state index in [1.54, 1.807) is 26.2 Å². The minimum atomic E-state index is -0.0342. The lowest BCUT2D eigenvalue weighted by molar-refractivity contribution is 0.0789. The van der Waals surface area contributed by atoms with Crippen molar-refractivity contribution in [1.82, 2.24) is 14.7 Å². The smallest absolute Gasteiger partial charge is 0.264 e. The van der Waals surface area contributed by atoms with Gasteiger partial charge in [-0.2, -0.15) is 5.10 Å². The van der Waals surface area contributed by atoms with Crippen molar-refractivity contribution in [3.8, 4) is 17.2 Å². The van der Waals surface area contributed by atoms with Crippen molar-refractivity contribution in [2.24, 2.45) is 0 Å². The number of para-hydroxylation sites is 1. The molecule has 0 saturated heterocycles. The predicted molar refractivity (Wildman–Crippen MR) is 119 cm³/mol. The van der Waals surface area contributed by atoms with Gasteiger partial charge < -0.3 is 14.4 Å². The molecule has 7 heteroatoms. The summed E-state index contributed by atoms with van der Waals surface area (Å²) in [5.41, 5.74) is 2.80. The van der Waals surface area contributed by atoms with Gasteiger partial charge in [0.25, 0.3) is 5.91 Å². The molecule has 1 amide bonds. The molecule has 0 aliphatic rings. The number of rotatable bonds is 6. The van der Waals surface area contributed by atoms with Crippen LogP contribution in [0.1, 0.15) is 20.9 Å². The van der Waals surface area contributed by atoms with Crippen molar-refractivity contribution in [2.75, 3.05) is 21.3 Å². The zero-order valence-corrected chi connectivity index (χ0v) is 18.2. The molecule has 2 aromatic heterocycles. The molecule has 0 aliphatic carbocycles. The third-order valence-electron chi connectivity index (χ3n) is 5.00. The van der Waals surface area contributed by atoms with Gasteiger partial charge in [-0.25, -0.2) is 4.68 Å². The molecule has 0 bridgehead atoms. The summed E-state index contributed by atoms with van der Waals surface area (Å²) in [6.45, 7) is 2.40. The maximum Gasteiger partial charge on any atom is 0.264 e. The van der Waals surface area contributed by atoms with Gasteiger partial charge in [0.15, 0.2) is 0 Å². The molecule has 0 spiro atoms. The standard InChI is InChI=1S/C23H23N3O3S/c1-15-19-13-21(30-23(19)26(24-15)17-8-6-5-7-9-17)22(27)25(2)14-16-10-11-18(28-3)12-20(16)29-4/h5-13H,14H2,1-4H3. The number of methoxy groups -OCH3 is 2. The first-order chi connectivity index (χ1) is 14.5. The van der Waals surface area contributed by atoms with Crippen LogP contribution in [0.25, 0.3) is 15.9 Å². The highest BCUT2D eigenvalue weighted by Crippen LogP contribution is 2.32. The largest absolute Gasteiger partial charge is 0.497 e. The van der Waals surface area contributed by atoms with Gasteiger partial charge in [-0.05, 0) is 37.3 Å². The van der Waals surface area contributed by atoms with E-state index in [4.69, 9.17) is 9.47 Å². The molecule has 0 radical (unpaired) electrons. The average molecular weight is 422 g/mol. The third kappa shape index (κ3) is 3.64. The highest BCUT2D eigenvalue weighted by atomic mass is 32.1. The number of hydrogen-bond donors (Lipinski definition) is 0. The summed E-state index contributed by atoms with van der Waals surface area (Å²) in [6.07, 6.45) is 0. The van der Waals surface area contributed by atoms with Crippen molar-refractivity contribution >= 4 is 27.5 Å². The highest BCUT2D eigenvalue weighted by molar-refractivity contribution is 7.20. The number of benzene rings is 2. The van der Waals surface area contributed by atoms with Gasteiger partial charge in [-0.15, -0.1) is 11.3 Å². The normalized spacial score (nSPS) is 10.9. The van der Waals surface area contributed by atoms with E-state index in [1.165, 1.54) is 11.3 Å². The van der Waals surface area contributed by atoms with Crippen LogP contribution in [-0.2, 0) is 6.54 Å². The molecule has 4 rings (SSSR count). The molecule has 6 nitrogen and oxygen atoms in total. The number of carbonyl (C=O) groups excluding carboxylic acids is 1. The number of aromatic nitrogens is 2. The molecule has 0 unspecified atom stereocenters. The molecule has 2 heterocycles. The van der Waals surface area contributed by atoms with Gasteiger partial charge in [-0.1, -0.05) is 18.2 Å². The van der Waals surface area contributed by atoms with Gasteiger partial charge in [0.1, 0.15) is 16.3 Å². The average Bonchev–Trinajstić information content (AvgIpc) is 3.34. The number of hydrogen-bond acceptors (Lipinski definition) is 5. The Morgan fingerprint density at radius 2 is 1.87 bits per heavy atom. The summed E-state index contributed by atoms with van der Waals surface area (Å²) >= 11 is 1.46. The molecular weight excluding hydrogens is 398 g/mol. The monoisotopic (exact) mass is 421 g/mol. The van der Waals surface area contributed by atoms with Crippen molar-refractivity contribution in [3.63, 3.8) is 0 Å². The van der Waals surface area contributed by atoms with Crippen LogP contribution in [0.15, 0.2) is 54.6 Å². The van der Waals surface area contributed by atoms with E-state index in [0.29, 0.717) is 17.2 Å². The second-order valence-corrected chi connectivity index (χ2v) is 8.03. The van der Waals surface area contributed by atoms with E-state index in [1.807, 2.05) is 66.2 Å². The lowest BCUT2D eigenvalue weighted by Crippen LogP contribution is -2.25. The maximum absolute atomic E-state index is 13.1. The molecule has 0 N–H and O–H groups in total. The summed E-state index contributed by atoms with van der Waals surface area (Å²) in [5.74, 6) is 1.38. The number of amides is 1. The number of nitrogens with zero attached hydrogens (tertiary/aromatic N) is 3. The first-order valence-electron chi connectivity index (χ1n) is 9.52. The summed E-state index contributed by atoms with van der Waals surface area (Å²) < 4.78 is 12.6. The van der Waals surface area contributed by atoms with Crippen LogP contribution in [0.2, 0.25) is 0 Å². The number of fused-ring (bicyclic) bond motifs is 1. The van der Waals surface area contributed by atoms with E-state index in [-0.39, 0.29) is 5.91 Å². The van der Waals surface area contributed by atoms with Crippen molar-refractivity contribution in [2.45, 2.75) is 13.5 Å². The topological polar surface area (TPSA) is 56.6 Å². The van der Waals surface area contributed by atoms with E-state index < -0.39 is 0 Å². The van der Waals surface area contributed by atoms with Gasteiger partial charge in [0.05, 0.1) is 30.5 Å². The van der Waals surface area contributed by atoms with E-state index in [9.17, 15) is 4.79 Å². The van der Waals surface area contributed by atoms with E-state index >= 15 is 0 Å². The Hall–Kier alpha value is -3.32. The van der Waals surface area contributed by atoms with Crippen LogP contribution < -0.4 is 9.47 Å². The lowest BCUT2D eigenvalue weighted by atomic mass is 10.1. The highest BCUT2D eigenvalue weighted by Gasteiger charge is 2.20. The predicted octanol–water partition coefficient (Wildman–Crippen LogP) is 4.68. The second kappa shape index (κ2) is 8.20. The summed E-state index contributed by atoms with van der Waals surface area (Å²) in [7, 11) is 5.03. The molecule has 2 aromatic carbocycles. The Labute approximate surface area is 179 Å². The molecule has 4 aromatic rings. The first-order valence-corrected chi connectivity index (χ1v) is 10.3.